The number of hydrogen-bond acceptors (Lipinski definition) is 4. The van der Waals surface area contributed by atoms with Gasteiger partial charge in [0.1, 0.15) is 17.2 Å². The van der Waals surface area contributed by atoms with Gasteiger partial charge < -0.3 is 15.1 Å². The number of benzene rings is 1. The topological polar surface area (TPSA) is 65.5 Å². The summed E-state index contributed by atoms with van der Waals surface area (Å²) < 4.78 is 13.7. The minimum Gasteiger partial charge on any atom is -0.337 e. The van der Waals surface area contributed by atoms with Crippen molar-refractivity contribution in [1.82, 2.24) is 20.1 Å². The lowest BCUT2D eigenvalue weighted by atomic mass is 10.0. The number of halogens is 1. The Balaban J connectivity index is 1.58. The second kappa shape index (κ2) is 8.06. The maximum Gasteiger partial charge on any atom is 0.273 e. The molecule has 2 aliphatic heterocycles. The van der Waals surface area contributed by atoms with E-state index in [0.717, 1.165) is 31.5 Å². The first kappa shape index (κ1) is 18.6. The zero-order chi connectivity index (χ0) is 19.5. The fourth-order valence-electron chi connectivity index (χ4n) is 3.86. The highest BCUT2D eigenvalue weighted by Crippen LogP contribution is 2.24. The van der Waals surface area contributed by atoms with Gasteiger partial charge in [-0.3, -0.25) is 9.59 Å². The first-order valence-electron chi connectivity index (χ1n) is 9.67. The SMILES string of the molecule is O=C(c1cccc(C(=O)N2CCNCC2c2cccc(F)c2)n1)N1CCCC1. The number of pyridine rings is 1. The first-order chi connectivity index (χ1) is 13.6. The molecular formula is C21H23FN4O2. The molecule has 4 rings (SSSR count). The molecule has 0 radical (unpaired) electrons. The second-order valence-electron chi connectivity index (χ2n) is 7.18. The number of carbonyl (C=O) groups excluding carboxylic acids is 2. The van der Waals surface area contributed by atoms with E-state index in [2.05, 4.69) is 10.3 Å². The van der Waals surface area contributed by atoms with E-state index in [0.29, 0.717) is 25.3 Å². The van der Waals surface area contributed by atoms with Gasteiger partial charge in [0.2, 0.25) is 0 Å². The third kappa shape index (κ3) is 3.75. The Bertz CT molecular complexity index is 882. The molecule has 1 aromatic carbocycles. The summed E-state index contributed by atoms with van der Waals surface area (Å²) in [4.78, 5) is 33.6. The van der Waals surface area contributed by atoms with Crippen LogP contribution in [0.4, 0.5) is 4.39 Å². The van der Waals surface area contributed by atoms with Crippen molar-refractivity contribution >= 4 is 11.8 Å². The minimum atomic E-state index is -0.327. The van der Waals surface area contributed by atoms with Crippen LogP contribution in [-0.4, -0.2) is 59.3 Å². The van der Waals surface area contributed by atoms with Crippen LogP contribution < -0.4 is 5.32 Å². The highest BCUT2D eigenvalue weighted by atomic mass is 19.1. The maximum absolute atomic E-state index is 13.7. The number of likely N-dealkylation sites (tertiary alicyclic amines) is 1. The highest BCUT2D eigenvalue weighted by molar-refractivity contribution is 5.96. The number of carbonyl (C=O) groups is 2. The molecule has 3 heterocycles. The lowest BCUT2D eigenvalue weighted by molar-refractivity contribution is 0.0627. The van der Waals surface area contributed by atoms with Crippen LogP contribution in [0.5, 0.6) is 0 Å². The van der Waals surface area contributed by atoms with Gasteiger partial charge in [0.15, 0.2) is 0 Å². The van der Waals surface area contributed by atoms with Gasteiger partial charge in [-0.05, 0) is 42.7 Å². The van der Waals surface area contributed by atoms with Crippen molar-refractivity contribution < 1.29 is 14.0 Å². The number of nitrogens with one attached hydrogen (secondary N) is 1. The number of amides is 2. The normalized spacial score (nSPS) is 19.7. The van der Waals surface area contributed by atoms with Crippen LogP contribution in [0.2, 0.25) is 0 Å². The lowest BCUT2D eigenvalue weighted by Gasteiger charge is -2.36. The van der Waals surface area contributed by atoms with Crippen LogP contribution >= 0.6 is 0 Å². The third-order valence-corrected chi connectivity index (χ3v) is 5.32. The smallest absolute Gasteiger partial charge is 0.273 e. The summed E-state index contributed by atoms with van der Waals surface area (Å²) in [7, 11) is 0. The molecule has 0 bridgehead atoms. The van der Waals surface area contributed by atoms with Crippen LogP contribution in [-0.2, 0) is 0 Å². The van der Waals surface area contributed by atoms with Gasteiger partial charge >= 0.3 is 0 Å². The molecule has 2 saturated heterocycles. The highest BCUT2D eigenvalue weighted by Gasteiger charge is 2.30. The molecule has 6 nitrogen and oxygen atoms in total. The summed E-state index contributed by atoms with van der Waals surface area (Å²) in [6, 6.07) is 11.0. The van der Waals surface area contributed by atoms with Crippen LogP contribution in [0.15, 0.2) is 42.5 Å². The monoisotopic (exact) mass is 382 g/mol. The molecule has 0 spiro atoms. The summed E-state index contributed by atoms with van der Waals surface area (Å²) >= 11 is 0. The molecule has 146 valence electrons. The van der Waals surface area contributed by atoms with Crippen LogP contribution in [0, 0.1) is 5.82 Å². The molecule has 1 N–H and O–H groups in total. The van der Waals surface area contributed by atoms with Crippen LogP contribution in [0.25, 0.3) is 0 Å². The maximum atomic E-state index is 13.7. The Morgan fingerprint density at radius 2 is 1.71 bits per heavy atom. The quantitative estimate of drug-likeness (QED) is 0.884. The molecule has 0 saturated carbocycles. The average molecular weight is 382 g/mol. The van der Waals surface area contributed by atoms with Gasteiger partial charge in [-0.25, -0.2) is 9.37 Å². The Labute approximate surface area is 163 Å². The fraction of sp³-hybridized carbons (Fsp3) is 0.381. The van der Waals surface area contributed by atoms with Gasteiger partial charge in [0, 0.05) is 32.7 Å². The van der Waals surface area contributed by atoms with E-state index in [-0.39, 0.29) is 29.4 Å². The molecule has 28 heavy (non-hydrogen) atoms. The Morgan fingerprint density at radius 1 is 1.00 bits per heavy atom. The molecule has 2 aromatic rings. The second-order valence-corrected chi connectivity index (χ2v) is 7.18. The van der Waals surface area contributed by atoms with Crippen molar-refractivity contribution in [2.75, 3.05) is 32.7 Å². The Kier molecular flexibility index (Phi) is 5.34. The molecule has 1 aromatic heterocycles. The van der Waals surface area contributed by atoms with E-state index in [4.69, 9.17) is 0 Å². The number of piperazine rings is 1. The van der Waals surface area contributed by atoms with Crippen molar-refractivity contribution in [1.29, 1.82) is 0 Å². The molecule has 1 atom stereocenters. The van der Waals surface area contributed by atoms with Crippen LogP contribution in [0.3, 0.4) is 0 Å². The van der Waals surface area contributed by atoms with E-state index in [1.807, 2.05) is 6.07 Å². The molecule has 2 amide bonds. The first-order valence-corrected chi connectivity index (χ1v) is 9.67. The summed E-state index contributed by atoms with van der Waals surface area (Å²) in [6.07, 6.45) is 2.00. The molecule has 2 fully saturated rings. The van der Waals surface area contributed by atoms with Gasteiger partial charge in [-0.2, -0.15) is 0 Å². The third-order valence-electron chi connectivity index (χ3n) is 5.32. The predicted molar refractivity (Wildman–Crippen MR) is 102 cm³/mol. The summed E-state index contributed by atoms with van der Waals surface area (Å²) in [6.45, 7) is 3.16. The average Bonchev–Trinajstić information content (AvgIpc) is 3.28. The van der Waals surface area contributed by atoms with Gasteiger partial charge in [-0.15, -0.1) is 0 Å². The molecule has 7 heteroatoms. The largest absolute Gasteiger partial charge is 0.337 e. The number of hydrogen-bond donors (Lipinski definition) is 1. The summed E-state index contributed by atoms with van der Waals surface area (Å²) in [5.74, 6) is -0.701. The number of nitrogens with zero attached hydrogens (tertiary/aromatic N) is 3. The van der Waals surface area contributed by atoms with Gasteiger partial charge in [0.25, 0.3) is 11.8 Å². The lowest BCUT2D eigenvalue weighted by Crippen LogP contribution is -2.49. The van der Waals surface area contributed by atoms with E-state index >= 15 is 0 Å². The van der Waals surface area contributed by atoms with Crippen molar-refractivity contribution in [3.8, 4) is 0 Å². The van der Waals surface area contributed by atoms with E-state index in [1.54, 1.807) is 34.1 Å². The number of rotatable bonds is 3. The standard InChI is InChI=1S/C21H23FN4O2/c22-16-6-3-5-15(13-16)19-14-23-9-12-26(19)21(28)18-8-4-7-17(24-18)20(27)25-10-1-2-11-25/h3-8,13,19,23H,1-2,9-12,14H2. The van der Waals surface area contributed by atoms with E-state index in [9.17, 15) is 14.0 Å². The molecular weight excluding hydrogens is 359 g/mol. The fourth-order valence-corrected chi connectivity index (χ4v) is 3.86. The zero-order valence-electron chi connectivity index (χ0n) is 15.6. The Hall–Kier alpha value is -2.80. The summed E-state index contributed by atoms with van der Waals surface area (Å²) in [5, 5.41) is 3.26. The molecule has 0 aliphatic carbocycles. The molecule has 2 aliphatic rings. The van der Waals surface area contributed by atoms with E-state index in [1.165, 1.54) is 12.1 Å². The predicted octanol–water partition coefficient (Wildman–Crippen LogP) is 2.24. The summed E-state index contributed by atoms with van der Waals surface area (Å²) in [5.41, 5.74) is 1.28. The molecule has 1 unspecified atom stereocenters. The van der Waals surface area contributed by atoms with E-state index < -0.39 is 0 Å². The van der Waals surface area contributed by atoms with Crippen molar-refractivity contribution in [2.24, 2.45) is 0 Å². The van der Waals surface area contributed by atoms with Crippen molar-refractivity contribution in [3.05, 3.63) is 65.2 Å². The van der Waals surface area contributed by atoms with Crippen LogP contribution in [0.1, 0.15) is 45.4 Å². The zero-order valence-corrected chi connectivity index (χ0v) is 15.6. The minimum absolute atomic E-state index is 0.130. The van der Waals surface area contributed by atoms with Gasteiger partial charge in [0.05, 0.1) is 6.04 Å². The van der Waals surface area contributed by atoms with Gasteiger partial charge in [-0.1, -0.05) is 18.2 Å². The number of aromatic nitrogens is 1. The van der Waals surface area contributed by atoms with Crippen molar-refractivity contribution in [3.63, 3.8) is 0 Å². The van der Waals surface area contributed by atoms with Crippen molar-refractivity contribution in [2.45, 2.75) is 18.9 Å². The Morgan fingerprint density at radius 3 is 2.46 bits per heavy atom.